The summed E-state index contributed by atoms with van der Waals surface area (Å²) >= 11 is 0. The fourth-order valence-corrected chi connectivity index (χ4v) is 2.42. The van der Waals surface area contributed by atoms with Crippen molar-refractivity contribution in [3.8, 4) is 6.07 Å². The number of hydrogen-bond acceptors (Lipinski definition) is 3. The number of piperidine rings is 1. The van der Waals surface area contributed by atoms with Gasteiger partial charge in [0.25, 0.3) is 0 Å². The van der Waals surface area contributed by atoms with Crippen LogP contribution in [0, 0.1) is 17.2 Å². The van der Waals surface area contributed by atoms with Crippen LogP contribution in [0.15, 0.2) is 30.3 Å². The van der Waals surface area contributed by atoms with Crippen molar-refractivity contribution in [3.63, 3.8) is 0 Å². The van der Waals surface area contributed by atoms with Gasteiger partial charge in [-0.1, -0.05) is 30.3 Å². The first-order valence-corrected chi connectivity index (χ1v) is 6.68. The van der Waals surface area contributed by atoms with Gasteiger partial charge in [0.05, 0.1) is 12.1 Å². The number of amides is 1. The van der Waals surface area contributed by atoms with Crippen LogP contribution in [0.3, 0.4) is 0 Å². The zero-order valence-electron chi connectivity index (χ0n) is 11.0. The number of carbonyl (C=O) groups excluding carboxylic acids is 1. The number of benzene rings is 1. The molecule has 1 aliphatic rings. The molecule has 4 heteroatoms. The van der Waals surface area contributed by atoms with Crippen LogP contribution in [0.4, 0.5) is 0 Å². The van der Waals surface area contributed by atoms with Gasteiger partial charge in [0.15, 0.2) is 0 Å². The highest BCUT2D eigenvalue weighted by molar-refractivity contribution is 5.82. The number of rotatable bonds is 3. The van der Waals surface area contributed by atoms with Gasteiger partial charge in [0, 0.05) is 19.0 Å². The van der Waals surface area contributed by atoms with Crippen LogP contribution in [0.25, 0.3) is 0 Å². The monoisotopic (exact) mass is 257 g/mol. The number of nitriles is 1. The van der Waals surface area contributed by atoms with E-state index in [9.17, 15) is 4.79 Å². The van der Waals surface area contributed by atoms with Crippen LogP contribution in [-0.4, -0.2) is 29.9 Å². The van der Waals surface area contributed by atoms with E-state index in [2.05, 4.69) is 6.07 Å². The van der Waals surface area contributed by atoms with Gasteiger partial charge < -0.3 is 10.6 Å². The highest BCUT2D eigenvalue weighted by Gasteiger charge is 2.26. The fraction of sp³-hybridized carbons (Fsp3) is 0.467. The molecule has 1 aromatic carbocycles. The van der Waals surface area contributed by atoms with Crippen molar-refractivity contribution >= 4 is 5.91 Å². The van der Waals surface area contributed by atoms with Crippen molar-refractivity contribution in [2.24, 2.45) is 11.7 Å². The molecular formula is C15H19N3O. The second-order valence-corrected chi connectivity index (χ2v) is 5.02. The molecule has 0 bridgehead atoms. The Morgan fingerprint density at radius 1 is 1.37 bits per heavy atom. The van der Waals surface area contributed by atoms with E-state index in [1.807, 2.05) is 30.3 Å². The van der Waals surface area contributed by atoms with Crippen LogP contribution in [-0.2, 0) is 11.2 Å². The molecule has 2 rings (SSSR count). The largest absolute Gasteiger partial charge is 0.341 e. The van der Waals surface area contributed by atoms with Gasteiger partial charge in [-0.2, -0.15) is 5.26 Å². The maximum atomic E-state index is 12.2. The molecule has 1 saturated heterocycles. The topological polar surface area (TPSA) is 70.1 Å². The third kappa shape index (κ3) is 3.55. The van der Waals surface area contributed by atoms with E-state index in [1.54, 1.807) is 4.90 Å². The highest BCUT2D eigenvalue weighted by atomic mass is 16.2. The predicted octanol–water partition coefficient (Wildman–Crippen LogP) is 1.32. The summed E-state index contributed by atoms with van der Waals surface area (Å²) < 4.78 is 0. The van der Waals surface area contributed by atoms with E-state index in [0.717, 1.165) is 18.4 Å². The smallest absolute Gasteiger partial charge is 0.239 e. The standard InChI is InChI=1S/C15H19N3O/c16-11-13-6-8-18(9-7-13)15(19)14(17)10-12-4-2-1-3-5-12/h1-5,13-14H,6-10,17H2/t14-/m0/s1. The molecule has 1 aromatic rings. The Morgan fingerprint density at radius 2 is 2.00 bits per heavy atom. The zero-order valence-corrected chi connectivity index (χ0v) is 11.0. The van der Waals surface area contributed by atoms with Gasteiger partial charge in [-0.15, -0.1) is 0 Å². The minimum absolute atomic E-state index is 0.000225. The number of likely N-dealkylation sites (tertiary alicyclic amines) is 1. The predicted molar refractivity (Wildman–Crippen MR) is 73.0 cm³/mol. The van der Waals surface area contributed by atoms with E-state index < -0.39 is 6.04 Å². The summed E-state index contributed by atoms with van der Waals surface area (Å²) in [6.45, 7) is 1.30. The molecule has 0 saturated carbocycles. The minimum Gasteiger partial charge on any atom is -0.341 e. The van der Waals surface area contributed by atoms with Crippen LogP contribution in [0.2, 0.25) is 0 Å². The highest BCUT2D eigenvalue weighted by Crippen LogP contribution is 2.17. The summed E-state index contributed by atoms with van der Waals surface area (Å²) in [5, 5.41) is 8.84. The maximum Gasteiger partial charge on any atom is 0.239 e. The van der Waals surface area contributed by atoms with Crippen LogP contribution >= 0.6 is 0 Å². The van der Waals surface area contributed by atoms with E-state index in [-0.39, 0.29) is 11.8 Å². The Bertz CT molecular complexity index is 458. The third-order valence-electron chi connectivity index (χ3n) is 3.60. The van der Waals surface area contributed by atoms with Gasteiger partial charge in [-0.05, 0) is 24.8 Å². The number of carbonyl (C=O) groups is 1. The average Bonchev–Trinajstić information content (AvgIpc) is 2.47. The lowest BCUT2D eigenvalue weighted by Gasteiger charge is -2.31. The fourth-order valence-electron chi connectivity index (χ4n) is 2.42. The van der Waals surface area contributed by atoms with Crippen molar-refractivity contribution in [1.82, 2.24) is 4.90 Å². The van der Waals surface area contributed by atoms with Crippen molar-refractivity contribution in [3.05, 3.63) is 35.9 Å². The minimum atomic E-state index is -0.485. The molecule has 0 radical (unpaired) electrons. The summed E-state index contributed by atoms with van der Waals surface area (Å²) in [5.74, 6) is 0.0923. The lowest BCUT2D eigenvalue weighted by atomic mass is 9.97. The number of nitrogens with zero attached hydrogens (tertiary/aromatic N) is 2. The average molecular weight is 257 g/mol. The second kappa shape index (κ2) is 6.35. The zero-order chi connectivity index (χ0) is 13.7. The molecule has 0 unspecified atom stereocenters. The molecule has 0 spiro atoms. The van der Waals surface area contributed by atoms with Gasteiger partial charge in [-0.3, -0.25) is 4.79 Å². The number of hydrogen-bond donors (Lipinski definition) is 1. The first-order valence-electron chi connectivity index (χ1n) is 6.68. The van der Waals surface area contributed by atoms with E-state index >= 15 is 0 Å². The van der Waals surface area contributed by atoms with E-state index in [1.165, 1.54) is 0 Å². The molecule has 19 heavy (non-hydrogen) atoms. The van der Waals surface area contributed by atoms with Crippen LogP contribution in [0.1, 0.15) is 18.4 Å². The molecule has 100 valence electrons. The van der Waals surface area contributed by atoms with Crippen molar-refractivity contribution < 1.29 is 4.79 Å². The quantitative estimate of drug-likeness (QED) is 0.887. The number of nitrogens with two attached hydrogens (primary N) is 1. The van der Waals surface area contributed by atoms with E-state index in [4.69, 9.17) is 11.0 Å². The molecule has 0 aromatic heterocycles. The molecule has 1 heterocycles. The lowest BCUT2D eigenvalue weighted by Crippen LogP contribution is -2.47. The van der Waals surface area contributed by atoms with Gasteiger partial charge >= 0.3 is 0 Å². The molecule has 0 aliphatic carbocycles. The van der Waals surface area contributed by atoms with Crippen molar-refractivity contribution in [1.29, 1.82) is 5.26 Å². The normalized spacial score (nSPS) is 17.8. The maximum absolute atomic E-state index is 12.2. The second-order valence-electron chi connectivity index (χ2n) is 5.02. The summed E-state index contributed by atoms with van der Waals surface area (Å²) in [6.07, 6.45) is 2.10. The van der Waals surface area contributed by atoms with Crippen molar-refractivity contribution in [2.75, 3.05) is 13.1 Å². The molecule has 1 aliphatic heterocycles. The molecule has 1 atom stereocenters. The Balaban J connectivity index is 1.88. The Labute approximate surface area is 113 Å². The van der Waals surface area contributed by atoms with E-state index in [0.29, 0.717) is 19.5 Å². The molecule has 2 N–H and O–H groups in total. The Hall–Kier alpha value is -1.86. The SMILES string of the molecule is N#CC1CCN(C(=O)[C@@H](N)Cc2ccccc2)CC1. The summed E-state index contributed by atoms with van der Waals surface area (Å²) in [5.41, 5.74) is 7.07. The summed E-state index contributed by atoms with van der Waals surface area (Å²) in [6, 6.07) is 11.6. The van der Waals surface area contributed by atoms with Gasteiger partial charge in [0.2, 0.25) is 5.91 Å². The van der Waals surface area contributed by atoms with Gasteiger partial charge in [0.1, 0.15) is 0 Å². The molecule has 1 fully saturated rings. The lowest BCUT2D eigenvalue weighted by molar-refractivity contribution is -0.133. The van der Waals surface area contributed by atoms with Crippen molar-refractivity contribution in [2.45, 2.75) is 25.3 Å². The Morgan fingerprint density at radius 3 is 2.58 bits per heavy atom. The van der Waals surface area contributed by atoms with Crippen LogP contribution in [0.5, 0.6) is 0 Å². The third-order valence-corrected chi connectivity index (χ3v) is 3.60. The summed E-state index contributed by atoms with van der Waals surface area (Å²) in [4.78, 5) is 14.0. The molecule has 1 amide bonds. The first kappa shape index (κ1) is 13.6. The summed E-state index contributed by atoms with van der Waals surface area (Å²) in [7, 11) is 0. The Kier molecular flexibility index (Phi) is 4.53. The first-order chi connectivity index (χ1) is 9.20. The molecular weight excluding hydrogens is 238 g/mol. The molecule has 4 nitrogen and oxygen atoms in total. The van der Waals surface area contributed by atoms with Gasteiger partial charge in [-0.25, -0.2) is 0 Å². The van der Waals surface area contributed by atoms with Crippen LogP contribution < -0.4 is 5.73 Å².